The van der Waals surface area contributed by atoms with Crippen molar-refractivity contribution in [3.05, 3.63) is 134 Å². The number of halogens is 2. The van der Waals surface area contributed by atoms with Gasteiger partial charge >= 0.3 is 5.69 Å². The zero-order valence-electron chi connectivity index (χ0n) is 36.4. The molecule has 12 nitrogen and oxygen atoms in total. The van der Waals surface area contributed by atoms with E-state index in [1.54, 1.807) is 12.3 Å². The molecule has 16 heteroatoms. The SMILES string of the molecule is CC1(C)CCC(CN2CCN(c3ccc4c(c3)C(c3cnc5c(ccn5COCC[Si](C)(C)C)c3)CN(S(=O)(=O)c3ccc(F)c([N+](=O)[O-])c3)C4=O)CC2)=C(c2ccc(Cl)cc2)C1. The first-order valence-electron chi connectivity index (χ1n) is 21.5. The molecule has 3 aliphatic rings. The number of fused-ring (bicyclic) bond motifs is 2. The van der Waals surface area contributed by atoms with Crippen LogP contribution in [-0.2, 0) is 21.5 Å². The number of benzene rings is 3. The fourth-order valence-electron chi connectivity index (χ4n) is 8.95. The van der Waals surface area contributed by atoms with Crippen molar-refractivity contribution in [2.75, 3.05) is 50.8 Å². The zero-order chi connectivity index (χ0) is 44.8. The van der Waals surface area contributed by atoms with Gasteiger partial charge in [0.15, 0.2) is 0 Å². The van der Waals surface area contributed by atoms with E-state index in [4.69, 9.17) is 21.3 Å². The predicted octanol–water partition coefficient (Wildman–Crippen LogP) is 9.81. The van der Waals surface area contributed by atoms with Crippen LogP contribution in [0.3, 0.4) is 0 Å². The quantitative estimate of drug-likeness (QED) is 0.0490. The second-order valence-electron chi connectivity index (χ2n) is 19.0. The van der Waals surface area contributed by atoms with Crippen LogP contribution < -0.4 is 4.90 Å². The van der Waals surface area contributed by atoms with Crippen molar-refractivity contribution in [2.45, 2.75) is 76.3 Å². The molecule has 3 aromatic carbocycles. The van der Waals surface area contributed by atoms with Gasteiger partial charge in [-0.05, 0) is 108 Å². The maximum atomic E-state index is 14.4. The number of nitrogens with zero attached hydrogens (tertiary/aromatic N) is 6. The minimum Gasteiger partial charge on any atom is -0.369 e. The van der Waals surface area contributed by atoms with Crippen LogP contribution in [0, 0.1) is 21.3 Å². The summed E-state index contributed by atoms with van der Waals surface area (Å²) in [6.45, 7) is 16.4. The fourth-order valence-corrected chi connectivity index (χ4v) is 11.3. The van der Waals surface area contributed by atoms with E-state index in [1.165, 1.54) is 16.7 Å². The fraction of sp³-hybridized carbons (Fsp3) is 0.404. The Morgan fingerprint density at radius 2 is 1.75 bits per heavy atom. The van der Waals surface area contributed by atoms with Gasteiger partial charge in [0.2, 0.25) is 5.82 Å². The molecule has 0 N–H and O–H groups in total. The van der Waals surface area contributed by atoms with Gasteiger partial charge in [-0.25, -0.2) is 17.7 Å². The Bertz CT molecular complexity index is 2710. The molecular formula is C47H54ClFN6O6SSi. The molecule has 0 radical (unpaired) electrons. The lowest BCUT2D eigenvalue weighted by molar-refractivity contribution is -0.387. The number of carbonyl (C=O) groups excluding carboxylic acids is 1. The van der Waals surface area contributed by atoms with Gasteiger partial charge in [0.1, 0.15) is 12.4 Å². The summed E-state index contributed by atoms with van der Waals surface area (Å²) in [6, 6.07) is 21.0. The number of aromatic nitrogens is 2. The molecule has 5 aromatic rings. The Morgan fingerprint density at radius 3 is 2.46 bits per heavy atom. The van der Waals surface area contributed by atoms with Crippen molar-refractivity contribution in [3.63, 3.8) is 0 Å². The first-order valence-corrected chi connectivity index (χ1v) is 27.0. The van der Waals surface area contributed by atoms with Crippen molar-refractivity contribution in [1.82, 2.24) is 18.8 Å². The van der Waals surface area contributed by atoms with Gasteiger partial charge in [0, 0.05) is 100.0 Å². The lowest BCUT2D eigenvalue weighted by atomic mass is 9.72. The van der Waals surface area contributed by atoms with Crippen LogP contribution in [0.25, 0.3) is 16.6 Å². The third kappa shape index (κ3) is 9.63. The molecule has 8 rings (SSSR count). The normalized spacial score (nSPS) is 18.6. The van der Waals surface area contributed by atoms with Crippen molar-refractivity contribution in [3.8, 4) is 0 Å². The second kappa shape index (κ2) is 17.6. The number of amides is 1. The van der Waals surface area contributed by atoms with E-state index in [1.807, 2.05) is 47.2 Å². The first kappa shape index (κ1) is 44.7. The van der Waals surface area contributed by atoms with Gasteiger partial charge in [-0.3, -0.25) is 19.8 Å². The number of ether oxygens (including phenoxy) is 1. The van der Waals surface area contributed by atoms with Crippen LogP contribution in [-0.4, -0.2) is 92.0 Å². The highest BCUT2D eigenvalue weighted by Crippen LogP contribution is 2.44. The number of rotatable bonds is 13. The number of hydrogen-bond donors (Lipinski definition) is 0. The summed E-state index contributed by atoms with van der Waals surface area (Å²) in [4.78, 5) is 34.0. The molecule has 0 saturated carbocycles. The zero-order valence-corrected chi connectivity index (χ0v) is 39.0. The van der Waals surface area contributed by atoms with E-state index in [-0.39, 0.29) is 17.5 Å². The smallest absolute Gasteiger partial charge is 0.306 e. The molecule has 1 aliphatic carbocycles. The van der Waals surface area contributed by atoms with E-state index in [0.717, 1.165) is 90.6 Å². The summed E-state index contributed by atoms with van der Waals surface area (Å²) in [5.41, 5.74) is 6.55. The molecular weight excluding hydrogens is 859 g/mol. The molecule has 1 atom stereocenters. The standard InChI is InChI=1S/C47H54ClFN6O6SSi/c1-47(2)16-14-34(41(27-47)32-6-8-36(48)9-7-32)29-51-18-20-52(21-19-51)37-10-12-39-40(25-37)42(30-54(46(39)56)62(59,60)38-11-13-43(49)44(26-38)55(57)58)35-24-33-15-17-53(45(33)50-28-35)31-61-22-23-63(3,4)5/h6-13,15,17,24-26,28,42H,14,16,18-23,27,29-31H2,1-5H3. The number of nitro benzene ring substituents is 1. The highest BCUT2D eigenvalue weighted by molar-refractivity contribution is 7.89. The molecule has 2 aliphatic heterocycles. The minimum absolute atomic E-state index is 0.198. The van der Waals surface area contributed by atoms with Gasteiger partial charge in [0.25, 0.3) is 15.9 Å². The molecule has 1 amide bonds. The summed E-state index contributed by atoms with van der Waals surface area (Å²) in [5.74, 6) is -2.57. The predicted molar refractivity (Wildman–Crippen MR) is 248 cm³/mol. The van der Waals surface area contributed by atoms with Crippen molar-refractivity contribution >= 4 is 63.6 Å². The summed E-state index contributed by atoms with van der Waals surface area (Å²) in [5, 5.41) is 13.1. The lowest BCUT2D eigenvalue weighted by Crippen LogP contribution is -2.47. The molecule has 2 aromatic heterocycles. The summed E-state index contributed by atoms with van der Waals surface area (Å²) >= 11 is 6.26. The topological polar surface area (TPSA) is 131 Å². The van der Waals surface area contributed by atoms with Gasteiger partial charge in [-0.1, -0.05) is 62.8 Å². The van der Waals surface area contributed by atoms with Crippen LogP contribution in [0.5, 0.6) is 0 Å². The molecule has 1 saturated heterocycles. The maximum absolute atomic E-state index is 14.4. The van der Waals surface area contributed by atoms with E-state index in [9.17, 15) is 27.7 Å². The van der Waals surface area contributed by atoms with Gasteiger partial charge in [-0.15, -0.1) is 0 Å². The Morgan fingerprint density at radius 1 is 1.00 bits per heavy atom. The second-order valence-corrected chi connectivity index (χ2v) is 27.0. The molecule has 4 heterocycles. The Balaban J connectivity index is 1.08. The third-order valence-electron chi connectivity index (χ3n) is 12.7. The van der Waals surface area contributed by atoms with Crippen molar-refractivity contribution < 1.29 is 27.3 Å². The highest BCUT2D eigenvalue weighted by atomic mass is 35.5. The average molecular weight is 914 g/mol. The number of allylic oxidation sites excluding steroid dienone is 1. The first-order chi connectivity index (χ1) is 29.9. The van der Waals surface area contributed by atoms with E-state index < -0.39 is 51.2 Å². The molecule has 63 heavy (non-hydrogen) atoms. The minimum atomic E-state index is -4.66. The Hall–Kier alpha value is -4.93. The summed E-state index contributed by atoms with van der Waals surface area (Å²) in [7, 11) is -5.93. The monoisotopic (exact) mass is 912 g/mol. The number of nitro groups is 1. The summed E-state index contributed by atoms with van der Waals surface area (Å²) in [6.07, 6.45) is 6.83. The van der Waals surface area contributed by atoms with Crippen LogP contribution in [0.15, 0.2) is 95.7 Å². The molecule has 0 spiro atoms. The van der Waals surface area contributed by atoms with Gasteiger partial charge in [0.05, 0.1) is 9.82 Å². The number of piperazine rings is 1. The van der Waals surface area contributed by atoms with Crippen molar-refractivity contribution in [1.29, 1.82) is 0 Å². The average Bonchev–Trinajstić information content (AvgIpc) is 3.65. The van der Waals surface area contributed by atoms with E-state index in [0.29, 0.717) is 36.2 Å². The molecule has 1 unspecified atom stereocenters. The van der Waals surface area contributed by atoms with Gasteiger partial charge in [-0.2, -0.15) is 4.39 Å². The number of hydrogen-bond acceptors (Lipinski definition) is 9. The number of anilines is 1. The Labute approximate surface area is 374 Å². The van der Waals surface area contributed by atoms with Crippen LogP contribution in [0.4, 0.5) is 15.8 Å². The van der Waals surface area contributed by atoms with Crippen molar-refractivity contribution in [2.24, 2.45) is 5.41 Å². The third-order valence-corrected chi connectivity index (χ3v) is 16.4. The lowest BCUT2D eigenvalue weighted by Gasteiger charge is -2.40. The van der Waals surface area contributed by atoms with E-state index >= 15 is 0 Å². The number of carbonyl (C=O) groups is 1. The molecule has 1 fully saturated rings. The van der Waals surface area contributed by atoms with Crippen LogP contribution in [0.2, 0.25) is 30.7 Å². The Kier molecular flexibility index (Phi) is 12.5. The van der Waals surface area contributed by atoms with Crippen LogP contribution in [0.1, 0.15) is 66.1 Å². The summed E-state index contributed by atoms with van der Waals surface area (Å²) < 4.78 is 51.5. The maximum Gasteiger partial charge on any atom is 0.306 e. The molecule has 332 valence electrons. The molecule has 0 bridgehead atoms. The number of sulfonamides is 1. The number of pyridine rings is 1. The van der Waals surface area contributed by atoms with Gasteiger partial charge < -0.3 is 14.2 Å². The van der Waals surface area contributed by atoms with Crippen LogP contribution >= 0.6 is 11.6 Å². The highest BCUT2D eigenvalue weighted by Gasteiger charge is 2.41. The largest absolute Gasteiger partial charge is 0.369 e. The van der Waals surface area contributed by atoms with E-state index in [2.05, 4.69) is 55.4 Å².